The standard InChI is InChI=1S/C17H19N3O2/c1-17(2,3)20-16(22)13-8-6-7-12(11-13)15(21)19-14-9-4-5-10-18-14/h4-11H,1-3H3,(H,20,22)(H,18,19,21). The third-order valence-corrected chi connectivity index (χ3v) is 2.78. The summed E-state index contributed by atoms with van der Waals surface area (Å²) in [5.74, 6) is -0.0406. The summed E-state index contributed by atoms with van der Waals surface area (Å²) >= 11 is 0. The summed E-state index contributed by atoms with van der Waals surface area (Å²) in [6, 6.07) is 11.9. The number of nitrogens with one attached hydrogen (secondary N) is 2. The number of aromatic nitrogens is 1. The van der Waals surface area contributed by atoms with Gasteiger partial charge in [-0.05, 0) is 51.1 Å². The molecule has 114 valence electrons. The minimum atomic E-state index is -0.330. The maximum Gasteiger partial charge on any atom is 0.256 e. The fourth-order valence-corrected chi connectivity index (χ4v) is 1.84. The molecule has 0 bridgehead atoms. The predicted octanol–water partition coefficient (Wildman–Crippen LogP) is 2.86. The number of pyridine rings is 1. The van der Waals surface area contributed by atoms with Crippen LogP contribution in [-0.2, 0) is 0 Å². The van der Waals surface area contributed by atoms with Crippen LogP contribution in [0.1, 0.15) is 41.5 Å². The molecule has 2 rings (SSSR count). The van der Waals surface area contributed by atoms with E-state index in [0.717, 1.165) is 0 Å². The third kappa shape index (κ3) is 4.41. The molecule has 0 aliphatic carbocycles. The second-order valence-corrected chi connectivity index (χ2v) is 5.95. The van der Waals surface area contributed by atoms with Gasteiger partial charge in [-0.3, -0.25) is 9.59 Å². The van der Waals surface area contributed by atoms with Crippen LogP contribution in [0.15, 0.2) is 48.7 Å². The Bertz CT molecular complexity index is 676. The summed E-state index contributed by atoms with van der Waals surface area (Å²) in [4.78, 5) is 28.4. The Morgan fingerprint density at radius 2 is 1.64 bits per heavy atom. The lowest BCUT2D eigenvalue weighted by molar-refractivity contribution is 0.0919. The number of nitrogens with zero attached hydrogens (tertiary/aromatic N) is 1. The molecule has 1 heterocycles. The Morgan fingerprint density at radius 3 is 2.23 bits per heavy atom. The molecule has 0 spiro atoms. The molecule has 2 N–H and O–H groups in total. The van der Waals surface area contributed by atoms with Crippen molar-refractivity contribution in [1.29, 1.82) is 0 Å². The maximum atomic E-state index is 12.2. The smallest absolute Gasteiger partial charge is 0.256 e. The first kappa shape index (κ1) is 15.7. The van der Waals surface area contributed by atoms with Crippen LogP contribution in [0.3, 0.4) is 0 Å². The molecule has 5 heteroatoms. The number of hydrogen-bond acceptors (Lipinski definition) is 3. The molecular weight excluding hydrogens is 278 g/mol. The van der Waals surface area contributed by atoms with E-state index in [4.69, 9.17) is 0 Å². The van der Waals surface area contributed by atoms with Crippen LogP contribution in [-0.4, -0.2) is 22.3 Å². The van der Waals surface area contributed by atoms with Crippen LogP contribution >= 0.6 is 0 Å². The molecule has 2 aromatic rings. The quantitative estimate of drug-likeness (QED) is 0.915. The first-order valence-electron chi connectivity index (χ1n) is 7.00. The summed E-state index contributed by atoms with van der Waals surface area (Å²) in [5, 5.41) is 5.56. The second-order valence-electron chi connectivity index (χ2n) is 5.95. The molecule has 2 amide bonds. The fourth-order valence-electron chi connectivity index (χ4n) is 1.84. The predicted molar refractivity (Wildman–Crippen MR) is 85.9 cm³/mol. The number of carbonyl (C=O) groups excluding carboxylic acids is 2. The molecule has 0 aliphatic heterocycles. The molecule has 0 radical (unpaired) electrons. The first-order valence-corrected chi connectivity index (χ1v) is 7.00. The zero-order valence-corrected chi connectivity index (χ0v) is 12.9. The Morgan fingerprint density at radius 1 is 0.955 bits per heavy atom. The van der Waals surface area contributed by atoms with Gasteiger partial charge in [0.25, 0.3) is 11.8 Å². The van der Waals surface area contributed by atoms with Crippen LogP contribution in [0.4, 0.5) is 5.82 Å². The van der Waals surface area contributed by atoms with Gasteiger partial charge >= 0.3 is 0 Å². The SMILES string of the molecule is CC(C)(C)NC(=O)c1cccc(C(=O)Nc2ccccn2)c1. The Balaban J connectivity index is 2.14. The van der Waals surface area contributed by atoms with Crippen molar-refractivity contribution in [3.8, 4) is 0 Å². The van der Waals surface area contributed by atoms with Gasteiger partial charge < -0.3 is 10.6 Å². The molecule has 0 aliphatic rings. The number of benzene rings is 1. The van der Waals surface area contributed by atoms with Crippen molar-refractivity contribution >= 4 is 17.6 Å². The van der Waals surface area contributed by atoms with E-state index in [2.05, 4.69) is 15.6 Å². The highest BCUT2D eigenvalue weighted by molar-refractivity contribution is 6.05. The van der Waals surface area contributed by atoms with Crippen molar-refractivity contribution in [2.75, 3.05) is 5.32 Å². The number of hydrogen-bond donors (Lipinski definition) is 2. The second kappa shape index (κ2) is 6.39. The molecule has 0 fully saturated rings. The van der Waals surface area contributed by atoms with Crippen LogP contribution in [0, 0.1) is 0 Å². The van der Waals surface area contributed by atoms with Crippen molar-refractivity contribution < 1.29 is 9.59 Å². The van der Waals surface area contributed by atoms with E-state index >= 15 is 0 Å². The van der Waals surface area contributed by atoms with Crippen molar-refractivity contribution in [2.24, 2.45) is 0 Å². The fraction of sp³-hybridized carbons (Fsp3) is 0.235. The number of anilines is 1. The zero-order chi connectivity index (χ0) is 16.2. The van der Waals surface area contributed by atoms with E-state index in [1.807, 2.05) is 20.8 Å². The van der Waals surface area contributed by atoms with E-state index in [-0.39, 0.29) is 17.4 Å². The Labute approximate surface area is 129 Å². The van der Waals surface area contributed by atoms with Crippen LogP contribution in [0.25, 0.3) is 0 Å². The van der Waals surface area contributed by atoms with Gasteiger partial charge in [-0.25, -0.2) is 4.98 Å². The highest BCUT2D eigenvalue weighted by Crippen LogP contribution is 2.10. The van der Waals surface area contributed by atoms with Crippen molar-refractivity contribution in [3.05, 3.63) is 59.8 Å². The largest absolute Gasteiger partial charge is 0.347 e. The molecule has 0 atom stereocenters. The van der Waals surface area contributed by atoms with Gasteiger partial charge in [0, 0.05) is 22.9 Å². The Hall–Kier alpha value is -2.69. The van der Waals surface area contributed by atoms with Crippen molar-refractivity contribution in [2.45, 2.75) is 26.3 Å². The average Bonchev–Trinajstić information content (AvgIpc) is 2.46. The van der Waals surface area contributed by atoms with Crippen LogP contribution < -0.4 is 10.6 Å². The average molecular weight is 297 g/mol. The molecule has 5 nitrogen and oxygen atoms in total. The summed E-state index contributed by atoms with van der Waals surface area (Å²) in [6.07, 6.45) is 1.60. The number of carbonyl (C=O) groups is 2. The maximum absolute atomic E-state index is 12.2. The van der Waals surface area contributed by atoms with Gasteiger partial charge in [0.15, 0.2) is 0 Å². The summed E-state index contributed by atoms with van der Waals surface area (Å²) in [5.41, 5.74) is 0.527. The molecule has 0 unspecified atom stereocenters. The van der Waals surface area contributed by atoms with E-state index in [9.17, 15) is 9.59 Å². The van der Waals surface area contributed by atoms with Gasteiger partial charge in [-0.15, -0.1) is 0 Å². The first-order chi connectivity index (χ1) is 10.3. The topological polar surface area (TPSA) is 71.1 Å². The Kier molecular flexibility index (Phi) is 4.56. The monoisotopic (exact) mass is 297 g/mol. The summed E-state index contributed by atoms with van der Waals surface area (Å²) < 4.78 is 0. The normalized spacial score (nSPS) is 10.9. The third-order valence-electron chi connectivity index (χ3n) is 2.78. The highest BCUT2D eigenvalue weighted by atomic mass is 16.2. The number of rotatable bonds is 3. The highest BCUT2D eigenvalue weighted by Gasteiger charge is 2.16. The van der Waals surface area contributed by atoms with E-state index < -0.39 is 0 Å². The lowest BCUT2D eigenvalue weighted by Gasteiger charge is -2.20. The van der Waals surface area contributed by atoms with E-state index in [0.29, 0.717) is 16.9 Å². The van der Waals surface area contributed by atoms with Crippen molar-refractivity contribution in [1.82, 2.24) is 10.3 Å². The molecular formula is C17H19N3O2. The molecule has 1 aromatic carbocycles. The van der Waals surface area contributed by atoms with Gasteiger partial charge in [0.1, 0.15) is 5.82 Å². The summed E-state index contributed by atoms with van der Waals surface area (Å²) in [6.45, 7) is 5.72. The summed E-state index contributed by atoms with van der Waals surface area (Å²) in [7, 11) is 0. The van der Waals surface area contributed by atoms with E-state index in [1.54, 1.807) is 48.7 Å². The minimum absolute atomic E-state index is 0.208. The van der Waals surface area contributed by atoms with Gasteiger partial charge in [0.2, 0.25) is 0 Å². The van der Waals surface area contributed by atoms with Crippen LogP contribution in [0.2, 0.25) is 0 Å². The van der Waals surface area contributed by atoms with Crippen LogP contribution in [0.5, 0.6) is 0 Å². The molecule has 0 saturated heterocycles. The minimum Gasteiger partial charge on any atom is -0.347 e. The van der Waals surface area contributed by atoms with E-state index in [1.165, 1.54) is 0 Å². The van der Waals surface area contributed by atoms with Gasteiger partial charge in [-0.1, -0.05) is 12.1 Å². The lowest BCUT2D eigenvalue weighted by atomic mass is 10.1. The van der Waals surface area contributed by atoms with Gasteiger partial charge in [-0.2, -0.15) is 0 Å². The van der Waals surface area contributed by atoms with Crippen molar-refractivity contribution in [3.63, 3.8) is 0 Å². The van der Waals surface area contributed by atoms with Gasteiger partial charge in [0.05, 0.1) is 0 Å². The zero-order valence-electron chi connectivity index (χ0n) is 12.9. The molecule has 0 saturated carbocycles. The molecule has 1 aromatic heterocycles. The molecule has 22 heavy (non-hydrogen) atoms. The lowest BCUT2D eigenvalue weighted by Crippen LogP contribution is -2.40. The number of amides is 2.